The zero-order chi connectivity index (χ0) is 15.8. The smallest absolute Gasteiger partial charge is 0.116 e. The molecule has 1 heterocycles. The predicted octanol–water partition coefficient (Wildman–Crippen LogP) is 4.03. The van der Waals surface area contributed by atoms with Gasteiger partial charge in [0.1, 0.15) is 12.1 Å². The maximum atomic E-state index is 10.0. The fourth-order valence-electron chi connectivity index (χ4n) is 2.86. The minimum atomic E-state index is 0.172. The van der Waals surface area contributed by atoms with Gasteiger partial charge in [-0.1, -0.05) is 24.3 Å². The average Bonchev–Trinajstić information content (AvgIpc) is 2.59. The summed E-state index contributed by atoms with van der Waals surface area (Å²) in [5.74, 6) is 0.172. The summed E-state index contributed by atoms with van der Waals surface area (Å²) in [5.41, 5.74) is 2.87. The molecule has 4 heteroatoms. The van der Waals surface area contributed by atoms with Crippen molar-refractivity contribution in [3.05, 3.63) is 66.6 Å². The minimum Gasteiger partial charge on any atom is -0.508 e. The molecule has 4 rings (SSSR count). The Morgan fingerprint density at radius 2 is 1.83 bits per heavy atom. The Hall–Kier alpha value is -3.45. The lowest BCUT2D eigenvalue weighted by atomic mass is 9.93. The van der Waals surface area contributed by atoms with Crippen LogP contribution in [-0.2, 0) is 0 Å². The molecule has 1 N–H and O–H groups in total. The van der Waals surface area contributed by atoms with Crippen LogP contribution in [0.25, 0.3) is 32.8 Å². The van der Waals surface area contributed by atoms with Crippen LogP contribution >= 0.6 is 0 Å². The molecule has 23 heavy (non-hydrogen) atoms. The molecule has 0 spiro atoms. The molecule has 0 atom stereocenters. The van der Waals surface area contributed by atoms with Crippen molar-refractivity contribution >= 4 is 21.7 Å². The highest BCUT2D eigenvalue weighted by molar-refractivity contribution is 6.01. The Kier molecular flexibility index (Phi) is 2.92. The molecule has 3 aromatic carbocycles. The standard InChI is InChI=1S/C19H11N3O/c20-9-13-5-14-10-21-11-22-19(14)8-17(13)18-7-15(23)6-12-3-1-2-4-16(12)18/h1-8,10-11,23H. The second-order valence-electron chi connectivity index (χ2n) is 5.31. The van der Waals surface area contributed by atoms with E-state index in [-0.39, 0.29) is 5.75 Å². The number of aromatic hydroxyl groups is 1. The van der Waals surface area contributed by atoms with E-state index in [9.17, 15) is 10.4 Å². The number of nitrogens with zero attached hydrogens (tertiary/aromatic N) is 3. The van der Waals surface area contributed by atoms with Gasteiger partial charge in [0.15, 0.2) is 0 Å². The van der Waals surface area contributed by atoms with Crippen molar-refractivity contribution in [2.24, 2.45) is 0 Å². The fourth-order valence-corrected chi connectivity index (χ4v) is 2.86. The van der Waals surface area contributed by atoms with Crippen LogP contribution in [0.5, 0.6) is 5.75 Å². The van der Waals surface area contributed by atoms with Gasteiger partial charge in [-0.2, -0.15) is 5.26 Å². The lowest BCUT2D eigenvalue weighted by molar-refractivity contribution is 0.476. The number of nitriles is 1. The Morgan fingerprint density at radius 1 is 0.957 bits per heavy atom. The van der Waals surface area contributed by atoms with Crippen molar-refractivity contribution in [2.75, 3.05) is 0 Å². The summed E-state index contributed by atoms with van der Waals surface area (Å²) in [6.45, 7) is 0. The van der Waals surface area contributed by atoms with E-state index in [1.54, 1.807) is 24.4 Å². The van der Waals surface area contributed by atoms with Crippen LogP contribution in [0.2, 0.25) is 0 Å². The third-order valence-electron chi connectivity index (χ3n) is 3.90. The topological polar surface area (TPSA) is 69.8 Å². The highest BCUT2D eigenvalue weighted by Gasteiger charge is 2.12. The van der Waals surface area contributed by atoms with Crippen LogP contribution in [0, 0.1) is 11.3 Å². The molecule has 0 bridgehead atoms. The maximum Gasteiger partial charge on any atom is 0.116 e. The van der Waals surface area contributed by atoms with Crippen molar-refractivity contribution in [1.29, 1.82) is 5.26 Å². The van der Waals surface area contributed by atoms with E-state index in [1.165, 1.54) is 6.33 Å². The second-order valence-corrected chi connectivity index (χ2v) is 5.31. The third kappa shape index (κ3) is 2.16. The van der Waals surface area contributed by atoms with Crippen LogP contribution < -0.4 is 0 Å². The van der Waals surface area contributed by atoms with Crippen molar-refractivity contribution < 1.29 is 5.11 Å². The van der Waals surface area contributed by atoms with E-state index in [0.29, 0.717) is 5.56 Å². The highest BCUT2D eigenvalue weighted by atomic mass is 16.3. The SMILES string of the molecule is N#Cc1cc2cncnc2cc1-c1cc(O)cc2ccccc12. The summed E-state index contributed by atoms with van der Waals surface area (Å²) in [6.07, 6.45) is 3.17. The summed E-state index contributed by atoms with van der Waals surface area (Å²) < 4.78 is 0. The molecule has 0 fully saturated rings. The Balaban J connectivity index is 2.12. The van der Waals surface area contributed by atoms with Crippen LogP contribution in [-0.4, -0.2) is 15.1 Å². The highest BCUT2D eigenvalue weighted by Crippen LogP contribution is 2.35. The number of benzene rings is 3. The second kappa shape index (κ2) is 5.08. The Bertz CT molecular complexity index is 1100. The average molecular weight is 297 g/mol. The van der Waals surface area contributed by atoms with Gasteiger partial charge in [-0.25, -0.2) is 9.97 Å². The number of phenols is 1. The Labute approximate surface area is 132 Å². The van der Waals surface area contributed by atoms with Crippen molar-refractivity contribution in [3.63, 3.8) is 0 Å². The molecule has 0 saturated heterocycles. The first-order valence-electron chi connectivity index (χ1n) is 7.12. The maximum absolute atomic E-state index is 10.0. The first-order chi connectivity index (χ1) is 11.3. The summed E-state index contributed by atoms with van der Waals surface area (Å²) >= 11 is 0. The molecule has 0 amide bonds. The van der Waals surface area contributed by atoms with Gasteiger partial charge in [0.2, 0.25) is 0 Å². The van der Waals surface area contributed by atoms with E-state index in [4.69, 9.17) is 0 Å². The van der Waals surface area contributed by atoms with Gasteiger partial charge in [0.05, 0.1) is 17.1 Å². The number of fused-ring (bicyclic) bond motifs is 2. The van der Waals surface area contributed by atoms with Gasteiger partial charge in [0.25, 0.3) is 0 Å². The quantitative estimate of drug-likeness (QED) is 0.576. The van der Waals surface area contributed by atoms with Gasteiger partial charge in [-0.15, -0.1) is 0 Å². The number of hydrogen-bond donors (Lipinski definition) is 1. The van der Waals surface area contributed by atoms with E-state index in [2.05, 4.69) is 16.0 Å². The van der Waals surface area contributed by atoms with Gasteiger partial charge in [-0.3, -0.25) is 0 Å². The molecule has 4 nitrogen and oxygen atoms in total. The molecule has 0 saturated carbocycles. The predicted molar refractivity (Wildman–Crippen MR) is 88.9 cm³/mol. The molecular weight excluding hydrogens is 286 g/mol. The lowest BCUT2D eigenvalue weighted by Gasteiger charge is -2.11. The third-order valence-corrected chi connectivity index (χ3v) is 3.90. The zero-order valence-corrected chi connectivity index (χ0v) is 12.1. The van der Waals surface area contributed by atoms with Crippen molar-refractivity contribution in [2.45, 2.75) is 0 Å². The molecule has 0 aliphatic carbocycles. The molecule has 1 aromatic heterocycles. The van der Waals surface area contributed by atoms with Gasteiger partial charge in [0, 0.05) is 17.1 Å². The number of aromatic nitrogens is 2. The first-order valence-corrected chi connectivity index (χ1v) is 7.12. The van der Waals surface area contributed by atoms with Gasteiger partial charge >= 0.3 is 0 Å². The van der Waals surface area contributed by atoms with E-state index >= 15 is 0 Å². The largest absolute Gasteiger partial charge is 0.508 e. The normalized spacial score (nSPS) is 10.7. The molecule has 0 aliphatic heterocycles. The monoisotopic (exact) mass is 297 g/mol. The molecular formula is C19H11N3O. The van der Waals surface area contributed by atoms with Gasteiger partial charge in [-0.05, 0) is 40.6 Å². The van der Waals surface area contributed by atoms with Crippen LogP contribution in [0.4, 0.5) is 0 Å². The van der Waals surface area contributed by atoms with Crippen LogP contribution in [0.15, 0.2) is 61.1 Å². The number of rotatable bonds is 1. The molecule has 0 aliphatic rings. The first kappa shape index (κ1) is 13.2. The molecule has 0 radical (unpaired) electrons. The summed E-state index contributed by atoms with van der Waals surface area (Å²) in [5, 5.41) is 22.3. The molecule has 108 valence electrons. The summed E-state index contributed by atoms with van der Waals surface area (Å²) in [4.78, 5) is 8.26. The molecule has 0 unspecified atom stereocenters. The zero-order valence-electron chi connectivity index (χ0n) is 12.1. The summed E-state index contributed by atoms with van der Waals surface area (Å²) in [7, 11) is 0. The van der Waals surface area contributed by atoms with Crippen molar-refractivity contribution in [1.82, 2.24) is 9.97 Å². The molecule has 4 aromatic rings. The van der Waals surface area contributed by atoms with Gasteiger partial charge < -0.3 is 5.11 Å². The van der Waals surface area contributed by atoms with E-state index in [1.807, 2.05) is 30.3 Å². The number of phenolic OH excluding ortho intramolecular Hbond substituents is 1. The lowest BCUT2D eigenvalue weighted by Crippen LogP contribution is -1.90. The van der Waals surface area contributed by atoms with E-state index in [0.717, 1.165) is 32.8 Å². The fraction of sp³-hybridized carbons (Fsp3) is 0. The number of hydrogen-bond acceptors (Lipinski definition) is 4. The van der Waals surface area contributed by atoms with Crippen LogP contribution in [0.3, 0.4) is 0 Å². The van der Waals surface area contributed by atoms with Crippen molar-refractivity contribution in [3.8, 4) is 22.9 Å². The summed E-state index contributed by atoms with van der Waals surface area (Å²) in [6, 6.07) is 17.1. The van der Waals surface area contributed by atoms with E-state index < -0.39 is 0 Å². The van der Waals surface area contributed by atoms with Crippen LogP contribution in [0.1, 0.15) is 5.56 Å². The minimum absolute atomic E-state index is 0.172. The Morgan fingerprint density at radius 3 is 2.70 bits per heavy atom.